The van der Waals surface area contributed by atoms with E-state index in [1.807, 2.05) is 0 Å². The summed E-state index contributed by atoms with van der Waals surface area (Å²) in [4.78, 5) is 12.9. The first kappa shape index (κ1) is 20.2. The van der Waals surface area contributed by atoms with E-state index in [1.54, 1.807) is 19.1 Å². The fraction of sp³-hybridized carbons (Fsp3) is 0.316. The molecule has 150 valence electrons. The third-order valence-corrected chi connectivity index (χ3v) is 5.82. The first-order chi connectivity index (χ1) is 13.0. The van der Waals surface area contributed by atoms with E-state index in [0.29, 0.717) is 11.1 Å². The molecule has 6 nitrogen and oxygen atoms in total. The lowest BCUT2D eigenvalue weighted by Gasteiger charge is -2.38. The van der Waals surface area contributed by atoms with E-state index >= 15 is 0 Å². The van der Waals surface area contributed by atoms with Crippen LogP contribution in [0.5, 0.6) is 0 Å². The van der Waals surface area contributed by atoms with Gasteiger partial charge in [0.05, 0.1) is 17.8 Å². The van der Waals surface area contributed by atoms with Gasteiger partial charge >= 0.3 is 6.09 Å². The standard InChI is InChI=1S/C19H20F2N2O4S/c1-19(17(22-28(2,26)27)6-7-23(19)18(24)25)14-8-13(10-16(21)11-14)12-4-3-5-15(20)9-12/h3-5,8-11,17,22H,6-7H2,1-2H3,(H,24,25). The quantitative estimate of drug-likeness (QED) is 0.811. The number of sulfonamides is 1. The van der Waals surface area contributed by atoms with Crippen LogP contribution < -0.4 is 4.72 Å². The lowest BCUT2D eigenvalue weighted by molar-refractivity contribution is 0.102. The Morgan fingerprint density at radius 3 is 2.46 bits per heavy atom. The summed E-state index contributed by atoms with van der Waals surface area (Å²) in [5, 5.41) is 9.62. The van der Waals surface area contributed by atoms with Crippen LogP contribution in [0.3, 0.4) is 0 Å². The Balaban J connectivity index is 2.15. The molecule has 2 aromatic rings. The predicted molar refractivity (Wildman–Crippen MR) is 100 cm³/mol. The first-order valence-corrected chi connectivity index (χ1v) is 10.4. The smallest absolute Gasteiger partial charge is 0.408 e. The summed E-state index contributed by atoms with van der Waals surface area (Å²) in [6, 6.07) is 8.80. The molecule has 0 spiro atoms. The zero-order valence-corrected chi connectivity index (χ0v) is 16.1. The van der Waals surface area contributed by atoms with E-state index in [4.69, 9.17) is 0 Å². The number of nitrogens with zero attached hydrogens (tertiary/aromatic N) is 1. The number of rotatable bonds is 4. The van der Waals surface area contributed by atoms with Crippen molar-refractivity contribution in [3.8, 4) is 11.1 Å². The van der Waals surface area contributed by atoms with Gasteiger partial charge < -0.3 is 5.11 Å². The van der Waals surface area contributed by atoms with Gasteiger partial charge in [-0.3, -0.25) is 4.90 Å². The summed E-state index contributed by atoms with van der Waals surface area (Å²) >= 11 is 0. The molecule has 28 heavy (non-hydrogen) atoms. The molecule has 0 saturated carbocycles. The normalized spacial score (nSPS) is 22.4. The number of carboxylic acid groups (broad SMARTS) is 1. The number of hydrogen-bond donors (Lipinski definition) is 2. The highest BCUT2D eigenvalue weighted by atomic mass is 32.2. The maximum Gasteiger partial charge on any atom is 0.408 e. The van der Waals surface area contributed by atoms with Crippen molar-refractivity contribution in [1.29, 1.82) is 0 Å². The van der Waals surface area contributed by atoms with Gasteiger partial charge in [0.1, 0.15) is 11.6 Å². The van der Waals surface area contributed by atoms with Gasteiger partial charge in [-0.05, 0) is 60.4 Å². The van der Waals surface area contributed by atoms with E-state index in [1.165, 1.54) is 30.3 Å². The van der Waals surface area contributed by atoms with E-state index in [0.717, 1.165) is 11.2 Å². The summed E-state index contributed by atoms with van der Waals surface area (Å²) in [6.07, 6.45) is -0.0145. The minimum Gasteiger partial charge on any atom is -0.465 e. The third kappa shape index (κ3) is 3.85. The van der Waals surface area contributed by atoms with Crippen molar-refractivity contribution in [3.63, 3.8) is 0 Å². The predicted octanol–water partition coefficient (Wildman–Crippen LogP) is 3.15. The topological polar surface area (TPSA) is 86.7 Å². The highest BCUT2D eigenvalue weighted by Crippen LogP contribution is 2.41. The second-order valence-corrected chi connectivity index (χ2v) is 8.83. The van der Waals surface area contributed by atoms with Gasteiger partial charge in [0.15, 0.2) is 0 Å². The molecular weight excluding hydrogens is 390 g/mol. The Bertz CT molecular complexity index is 1030. The molecule has 1 amide bonds. The molecule has 3 rings (SSSR count). The molecule has 0 bridgehead atoms. The van der Waals surface area contributed by atoms with Gasteiger partial charge in [-0.25, -0.2) is 26.7 Å². The molecule has 2 unspecified atom stereocenters. The largest absolute Gasteiger partial charge is 0.465 e. The molecular formula is C19H20F2N2O4S. The van der Waals surface area contributed by atoms with Crippen LogP contribution in [0.2, 0.25) is 0 Å². The van der Waals surface area contributed by atoms with Crippen LogP contribution >= 0.6 is 0 Å². The second-order valence-electron chi connectivity index (χ2n) is 7.05. The lowest BCUT2D eigenvalue weighted by atomic mass is 9.84. The molecule has 1 aliphatic rings. The Hall–Kier alpha value is -2.52. The van der Waals surface area contributed by atoms with Crippen LogP contribution in [0.15, 0.2) is 42.5 Å². The number of benzene rings is 2. The van der Waals surface area contributed by atoms with Crippen LogP contribution in [-0.2, 0) is 15.6 Å². The second kappa shape index (κ2) is 7.14. The summed E-state index contributed by atoms with van der Waals surface area (Å²) < 4.78 is 54.1. The van der Waals surface area contributed by atoms with Crippen molar-refractivity contribution >= 4 is 16.1 Å². The molecule has 0 aromatic heterocycles. The summed E-state index contributed by atoms with van der Waals surface area (Å²) in [5.74, 6) is -1.12. The Morgan fingerprint density at radius 2 is 1.86 bits per heavy atom. The minimum absolute atomic E-state index is 0.0881. The molecule has 1 aliphatic heterocycles. The van der Waals surface area contributed by atoms with Crippen molar-refractivity contribution < 1.29 is 27.1 Å². The van der Waals surface area contributed by atoms with E-state index < -0.39 is 39.3 Å². The highest BCUT2D eigenvalue weighted by Gasteiger charge is 2.50. The Kier molecular flexibility index (Phi) is 5.16. The number of carbonyl (C=O) groups is 1. The van der Waals surface area contributed by atoms with Crippen LogP contribution in [0.4, 0.5) is 13.6 Å². The van der Waals surface area contributed by atoms with E-state index in [2.05, 4.69) is 4.72 Å². The minimum atomic E-state index is -3.63. The maximum atomic E-state index is 14.4. The summed E-state index contributed by atoms with van der Waals surface area (Å²) in [7, 11) is -3.63. The van der Waals surface area contributed by atoms with Gasteiger partial charge in [0.25, 0.3) is 0 Å². The van der Waals surface area contributed by atoms with Crippen LogP contribution in [0, 0.1) is 11.6 Å². The van der Waals surface area contributed by atoms with Gasteiger partial charge in [-0.1, -0.05) is 12.1 Å². The Labute approximate surface area is 161 Å². The first-order valence-electron chi connectivity index (χ1n) is 8.55. The fourth-order valence-corrected chi connectivity index (χ4v) is 4.62. The number of amides is 1. The molecule has 1 fully saturated rings. The van der Waals surface area contributed by atoms with Crippen molar-refractivity contribution in [3.05, 3.63) is 59.7 Å². The van der Waals surface area contributed by atoms with Crippen molar-refractivity contribution in [2.45, 2.75) is 24.9 Å². The van der Waals surface area contributed by atoms with Gasteiger partial charge in [-0.2, -0.15) is 0 Å². The average Bonchev–Trinajstić information content (AvgIpc) is 2.90. The molecule has 0 radical (unpaired) electrons. The summed E-state index contributed by atoms with van der Waals surface area (Å²) in [6.45, 7) is 1.64. The van der Waals surface area contributed by atoms with E-state index in [-0.39, 0.29) is 18.5 Å². The number of nitrogens with one attached hydrogen (secondary N) is 1. The van der Waals surface area contributed by atoms with Crippen molar-refractivity contribution in [2.24, 2.45) is 0 Å². The maximum absolute atomic E-state index is 14.4. The van der Waals surface area contributed by atoms with Gasteiger partial charge in [-0.15, -0.1) is 0 Å². The average molecular weight is 410 g/mol. The van der Waals surface area contributed by atoms with Crippen LogP contribution in [-0.4, -0.2) is 43.4 Å². The monoisotopic (exact) mass is 410 g/mol. The van der Waals surface area contributed by atoms with Gasteiger partial charge in [0.2, 0.25) is 10.0 Å². The zero-order chi connectivity index (χ0) is 20.7. The molecule has 1 saturated heterocycles. The summed E-state index contributed by atoms with van der Waals surface area (Å²) in [5.41, 5.74) is -0.255. The van der Waals surface area contributed by atoms with E-state index in [9.17, 15) is 27.1 Å². The van der Waals surface area contributed by atoms with Crippen LogP contribution in [0.1, 0.15) is 18.9 Å². The van der Waals surface area contributed by atoms with Gasteiger partial charge in [0, 0.05) is 6.54 Å². The zero-order valence-electron chi connectivity index (χ0n) is 15.3. The third-order valence-electron chi connectivity index (χ3n) is 5.11. The molecule has 2 aromatic carbocycles. The SMILES string of the molecule is CC1(c2cc(F)cc(-c3cccc(F)c3)c2)C(NS(C)(=O)=O)CCN1C(=O)O. The number of halogens is 2. The molecule has 1 heterocycles. The van der Waals surface area contributed by atoms with Crippen molar-refractivity contribution in [2.75, 3.05) is 12.8 Å². The molecule has 2 N–H and O–H groups in total. The number of hydrogen-bond acceptors (Lipinski definition) is 3. The van der Waals surface area contributed by atoms with Crippen molar-refractivity contribution in [1.82, 2.24) is 9.62 Å². The molecule has 0 aliphatic carbocycles. The lowest BCUT2D eigenvalue weighted by Crippen LogP contribution is -2.53. The number of likely N-dealkylation sites (tertiary alicyclic amines) is 1. The molecule has 2 atom stereocenters. The fourth-order valence-electron chi connectivity index (χ4n) is 3.76. The molecule has 9 heteroatoms. The Morgan fingerprint density at radius 1 is 1.18 bits per heavy atom. The van der Waals surface area contributed by atoms with Crippen LogP contribution in [0.25, 0.3) is 11.1 Å². The highest BCUT2D eigenvalue weighted by molar-refractivity contribution is 7.88.